The Morgan fingerprint density at radius 1 is 1.23 bits per heavy atom. The van der Waals surface area contributed by atoms with Crippen molar-refractivity contribution < 1.29 is 27.5 Å². The van der Waals surface area contributed by atoms with E-state index < -0.39 is 21.7 Å². The molecule has 0 unspecified atom stereocenters. The highest BCUT2D eigenvalue weighted by Crippen LogP contribution is 2.31. The summed E-state index contributed by atoms with van der Waals surface area (Å²) in [6.45, 7) is 0. The average molecular weight is 382 g/mol. The van der Waals surface area contributed by atoms with Crippen molar-refractivity contribution in [3.05, 3.63) is 29.8 Å². The van der Waals surface area contributed by atoms with Gasteiger partial charge in [0.25, 0.3) is 5.91 Å². The molecule has 1 aromatic rings. The SMILES string of the molecule is COc1cccc(/C=C/C(=O)NNC(=O)C[C@H]2CCS(=O)(=O)C2)c1OC. The number of sulfone groups is 1. The number of para-hydroxylation sites is 1. The fraction of sp³-hybridized carbons (Fsp3) is 0.412. The molecule has 1 saturated heterocycles. The van der Waals surface area contributed by atoms with Gasteiger partial charge < -0.3 is 9.47 Å². The number of nitrogens with one attached hydrogen (secondary N) is 2. The zero-order valence-corrected chi connectivity index (χ0v) is 15.5. The lowest BCUT2D eigenvalue weighted by Crippen LogP contribution is -2.41. The first-order valence-corrected chi connectivity index (χ1v) is 9.85. The molecule has 0 saturated carbocycles. The molecule has 1 aromatic carbocycles. The number of hydrogen-bond acceptors (Lipinski definition) is 6. The van der Waals surface area contributed by atoms with E-state index in [4.69, 9.17) is 9.47 Å². The van der Waals surface area contributed by atoms with Crippen molar-refractivity contribution in [3.63, 3.8) is 0 Å². The number of benzene rings is 1. The Morgan fingerprint density at radius 3 is 2.62 bits per heavy atom. The lowest BCUT2D eigenvalue weighted by molar-refractivity contribution is -0.127. The molecule has 0 spiro atoms. The summed E-state index contributed by atoms with van der Waals surface area (Å²) < 4.78 is 33.2. The van der Waals surface area contributed by atoms with E-state index in [1.54, 1.807) is 18.2 Å². The third kappa shape index (κ3) is 5.48. The molecule has 0 bridgehead atoms. The second-order valence-corrected chi connectivity index (χ2v) is 8.16. The van der Waals surface area contributed by atoms with Gasteiger partial charge in [-0.05, 0) is 24.5 Å². The molecule has 2 rings (SSSR count). The van der Waals surface area contributed by atoms with Gasteiger partial charge in [0.15, 0.2) is 21.3 Å². The maximum atomic E-state index is 11.8. The number of rotatable bonds is 6. The molecule has 1 aliphatic heterocycles. The first kappa shape index (κ1) is 19.8. The van der Waals surface area contributed by atoms with Crippen molar-refractivity contribution >= 4 is 27.7 Å². The molecule has 1 heterocycles. The van der Waals surface area contributed by atoms with Crippen LogP contribution in [0.25, 0.3) is 6.08 Å². The quantitative estimate of drug-likeness (QED) is 0.553. The van der Waals surface area contributed by atoms with Gasteiger partial charge in [-0.15, -0.1) is 0 Å². The predicted octanol–water partition coefficient (Wildman–Crippen LogP) is 0.689. The van der Waals surface area contributed by atoms with Gasteiger partial charge in [0.1, 0.15) is 0 Å². The Morgan fingerprint density at radius 2 is 2.00 bits per heavy atom. The zero-order chi connectivity index (χ0) is 19.2. The molecule has 1 atom stereocenters. The number of hydrazine groups is 1. The van der Waals surface area contributed by atoms with Crippen LogP contribution in [0, 0.1) is 5.92 Å². The van der Waals surface area contributed by atoms with E-state index in [0.29, 0.717) is 23.5 Å². The van der Waals surface area contributed by atoms with Gasteiger partial charge >= 0.3 is 0 Å². The second-order valence-electron chi connectivity index (χ2n) is 5.93. The third-order valence-electron chi connectivity index (χ3n) is 3.97. The minimum Gasteiger partial charge on any atom is -0.493 e. The number of ether oxygens (including phenoxy) is 2. The van der Waals surface area contributed by atoms with Gasteiger partial charge in [-0.2, -0.15) is 0 Å². The summed E-state index contributed by atoms with van der Waals surface area (Å²) in [6, 6.07) is 5.25. The van der Waals surface area contributed by atoms with Gasteiger partial charge in [-0.25, -0.2) is 8.42 Å². The van der Waals surface area contributed by atoms with Crippen LogP contribution >= 0.6 is 0 Å². The van der Waals surface area contributed by atoms with Crippen molar-refractivity contribution in [2.24, 2.45) is 5.92 Å². The molecule has 9 heteroatoms. The summed E-state index contributed by atoms with van der Waals surface area (Å²) in [6.07, 6.45) is 3.32. The summed E-state index contributed by atoms with van der Waals surface area (Å²) >= 11 is 0. The van der Waals surface area contributed by atoms with Crippen molar-refractivity contribution in [2.75, 3.05) is 25.7 Å². The topological polar surface area (TPSA) is 111 Å². The summed E-state index contributed by atoms with van der Waals surface area (Å²) in [5, 5.41) is 0. The fourth-order valence-electron chi connectivity index (χ4n) is 2.73. The lowest BCUT2D eigenvalue weighted by atomic mass is 10.1. The van der Waals surface area contributed by atoms with Crippen LogP contribution in [0.5, 0.6) is 11.5 Å². The normalized spacial score (nSPS) is 18.5. The minimum atomic E-state index is -3.02. The minimum absolute atomic E-state index is 0.0178. The van der Waals surface area contributed by atoms with E-state index in [2.05, 4.69) is 10.9 Å². The van der Waals surface area contributed by atoms with Gasteiger partial charge in [0, 0.05) is 18.1 Å². The summed E-state index contributed by atoms with van der Waals surface area (Å²) in [5.41, 5.74) is 5.19. The predicted molar refractivity (Wildman–Crippen MR) is 96.2 cm³/mol. The largest absolute Gasteiger partial charge is 0.493 e. The zero-order valence-electron chi connectivity index (χ0n) is 14.7. The van der Waals surface area contributed by atoms with Crippen LogP contribution in [0.15, 0.2) is 24.3 Å². The molecule has 2 amide bonds. The molecule has 8 nitrogen and oxygen atoms in total. The van der Waals surface area contributed by atoms with E-state index in [1.807, 2.05) is 0 Å². The third-order valence-corrected chi connectivity index (χ3v) is 5.81. The molecule has 0 aliphatic carbocycles. The Balaban J connectivity index is 1.85. The highest BCUT2D eigenvalue weighted by molar-refractivity contribution is 7.91. The molecular formula is C17H22N2O6S. The van der Waals surface area contributed by atoms with Gasteiger partial charge in [0.2, 0.25) is 5.91 Å². The van der Waals surface area contributed by atoms with Crippen LogP contribution in [0.1, 0.15) is 18.4 Å². The van der Waals surface area contributed by atoms with E-state index in [0.717, 1.165) is 0 Å². The number of methoxy groups -OCH3 is 2. The van der Waals surface area contributed by atoms with Gasteiger partial charge in [0.05, 0.1) is 25.7 Å². The highest BCUT2D eigenvalue weighted by Gasteiger charge is 2.29. The average Bonchev–Trinajstić information content (AvgIpc) is 2.95. The van der Waals surface area contributed by atoms with E-state index in [9.17, 15) is 18.0 Å². The molecular weight excluding hydrogens is 360 g/mol. The van der Waals surface area contributed by atoms with Crippen molar-refractivity contribution in [1.29, 1.82) is 0 Å². The first-order chi connectivity index (χ1) is 12.3. The molecule has 142 valence electrons. The van der Waals surface area contributed by atoms with Gasteiger partial charge in [-0.1, -0.05) is 12.1 Å². The second kappa shape index (κ2) is 8.70. The van der Waals surface area contributed by atoms with Crippen LogP contribution < -0.4 is 20.3 Å². The molecule has 0 aromatic heterocycles. The van der Waals surface area contributed by atoms with Crippen LogP contribution in [-0.4, -0.2) is 46.0 Å². The van der Waals surface area contributed by atoms with Crippen molar-refractivity contribution in [3.8, 4) is 11.5 Å². The monoisotopic (exact) mass is 382 g/mol. The standard InChI is InChI=1S/C17H22N2O6S/c1-24-14-5-3-4-13(17(14)25-2)6-7-15(20)18-19-16(21)10-12-8-9-26(22,23)11-12/h3-7,12H,8-11H2,1-2H3,(H,18,20)(H,19,21)/b7-6+/t12-/m1/s1. The van der Waals surface area contributed by atoms with E-state index in [1.165, 1.54) is 26.4 Å². The molecule has 26 heavy (non-hydrogen) atoms. The van der Waals surface area contributed by atoms with Crippen molar-refractivity contribution in [1.82, 2.24) is 10.9 Å². The Hall–Kier alpha value is -2.55. The number of carbonyl (C=O) groups excluding carboxylic acids is 2. The molecule has 1 fully saturated rings. The van der Waals surface area contributed by atoms with Crippen molar-refractivity contribution in [2.45, 2.75) is 12.8 Å². The Kier molecular flexibility index (Phi) is 6.62. The first-order valence-electron chi connectivity index (χ1n) is 8.03. The molecule has 0 radical (unpaired) electrons. The van der Waals surface area contributed by atoms with Crippen LogP contribution in [-0.2, 0) is 19.4 Å². The Bertz CT molecular complexity index is 803. The fourth-order valence-corrected chi connectivity index (χ4v) is 4.59. The van der Waals surface area contributed by atoms with E-state index >= 15 is 0 Å². The smallest absolute Gasteiger partial charge is 0.262 e. The van der Waals surface area contributed by atoms with E-state index in [-0.39, 0.29) is 23.8 Å². The summed E-state index contributed by atoms with van der Waals surface area (Å²) in [5.74, 6) is 0.00995. The lowest BCUT2D eigenvalue weighted by Gasteiger charge is -2.10. The van der Waals surface area contributed by atoms with Gasteiger partial charge in [-0.3, -0.25) is 20.4 Å². The Labute approximate surface area is 152 Å². The molecule has 1 aliphatic rings. The maximum Gasteiger partial charge on any atom is 0.262 e. The summed E-state index contributed by atoms with van der Waals surface area (Å²) in [7, 11) is -0.00890. The van der Waals surface area contributed by atoms with Crippen LogP contribution in [0.3, 0.4) is 0 Å². The van der Waals surface area contributed by atoms with Crippen LogP contribution in [0.4, 0.5) is 0 Å². The number of amides is 2. The van der Waals surface area contributed by atoms with Crippen LogP contribution in [0.2, 0.25) is 0 Å². The highest BCUT2D eigenvalue weighted by atomic mass is 32.2. The molecule has 2 N–H and O–H groups in total. The number of hydrogen-bond donors (Lipinski definition) is 2. The maximum absolute atomic E-state index is 11.8. The summed E-state index contributed by atoms with van der Waals surface area (Å²) in [4.78, 5) is 23.6. The number of carbonyl (C=O) groups is 2.